The van der Waals surface area contributed by atoms with Crippen LogP contribution < -0.4 is 19.9 Å². The lowest BCUT2D eigenvalue weighted by atomic mass is 10.0. The van der Waals surface area contributed by atoms with E-state index >= 15 is 0 Å². The summed E-state index contributed by atoms with van der Waals surface area (Å²) in [7, 11) is 3.11. The van der Waals surface area contributed by atoms with Gasteiger partial charge in [0.15, 0.2) is 6.10 Å². The summed E-state index contributed by atoms with van der Waals surface area (Å²) < 4.78 is 10.7. The van der Waals surface area contributed by atoms with E-state index in [0.29, 0.717) is 34.3 Å². The zero-order chi connectivity index (χ0) is 19.7. The second-order valence-electron chi connectivity index (χ2n) is 6.63. The largest absolute Gasteiger partial charge is 0.496 e. The van der Waals surface area contributed by atoms with Crippen molar-refractivity contribution >= 4 is 28.9 Å². The third-order valence-electron chi connectivity index (χ3n) is 5.00. The summed E-state index contributed by atoms with van der Waals surface area (Å²) in [5, 5.41) is 0.445. The first-order valence-electron chi connectivity index (χ1n) is 9.07. The third-order valence-corrected chi connectivity index (χ3v) is 5.29. The van der Waals surface area contributed by atoms with Crippen LogP contribution >= 0.6 is 11.6 Å². The van der Waals surface area contributed by atoms with Gasteiger partial charge in [0.25, 0.3) is 5.91 Å². The van der Waals surface area contributed by atoms with Crippen molar-refractivity contribution in [2.45, 2.75) is 18.9 Å². The molecule has 1 N–H and O–H groups in total. The highest BCUT2D eigenvalue weighted by atomic mass is 35.5. The number of amides is 1. The average Bonchev–Trinajstić information content (AvgIpc) is 3.22. The maximum atomic E-state index is 13.1. The fraction of sp³-hybridized carbons (Fsp3) is 0.286. The van der Waals surface area contributed by atoms with E-state index in [2.05, 4.69) is 11.5 Å². The number of benzene rings is 2. The van der Waals surface area contributed by atoms with Crippen molar-refractivity contribution < 1.29 is 19.1 Å². The molecular weight excluding hydrogens is 380 g/mol. The highest BCUT2D eigenvalue weighted by molar-refractivity contribution is 6.32. The number of aryl methyl sites for hydroxylation is 1. The fourth-order valence-corrected chi connectivity index (χ4v) is 3.84. The zero-order valence-corrected chi connectivity index (χ0v) is 16.5. The van der Waals surface area contributed by atoms with Crippen molar-refractivity contribution in [3.05, 3.63) is 58.6 Å². The van der Waals surface area contributed by atoms with E-state index in [-0.39, 0.29) is 5.91 Å². The summed E-state index contributed by atoms with van der Waals surface area (Å²) in [6.45, 7) is 0.677. The van der Waals surface area contributed by atoms with E-state index in [4.69, 9.17) is 25.9 Å². The van der Waals surface area contributed by atoms with Crippen molar-refractivity contribution in [3.8, 4) is 11.5 Å². The topological polar surface area (TPSA) is 60.0 Å². The van der Waals surface area contributed by atoms with Crippen LogP contribution in [0.2, 0.25) is 5.02 Å². The summed E-state index contributed by atoms with van der Waals surface area (Å²) in [6.07, 6.45) is 2.93. The maximum Gasteiger partial charge on any atom is 0.262 e. The van der Waals surface area contributed by atoms with E-state index < -0.39 is 6.10 Å². The maximum absolute atomic E-state index is 13.1. The fourth-order valence-electron chi connectivity index (χ4n) is 3.60. The standard InChI is InChI=1S/C21H21ClN2O4/c1-26-18-12-19(27-2)15(22)10-14(18)16-11-20(28-23-16)21(25)24-9-5-7-13-6-3-4-8-17(13)24/h3-4,6,8,10-12,20,23H,5,7,9H2,1-2H3/t20-/m0/s1. The molecule has 6 nitrogen and oxygen atoms in total. The Kier molecular flexibility index (Phi) is 5.15. The Balaban J connectivity index is 1.62. The molecule has 0 spiro atoms. The van der Waals surface area contributed by atoms with Crippen molar-refractivity contribution in [1.82, 2.24) is 5.48 Å². The van der Waals surface area contributed by atoms with Gasteiger partial charge in [0.1, 0.15) is 11.5 Å². The molecule has 2 aliphatic rings. The number of carbonyl (C=O) groups is 1. The predicted molar refractivity (Wildman–Crippen MR) is 108 cm³/mol. The Bertz CT molecular complexity index is 944. The Morgan fingerprint density at radius 3 is 2.79 bits per heavy atom. The van der Waals surface area contributed by atoms with Gasteiger partial charge in [-0.05, 0) is 36.6 Å². The highest BCUT2D eigenvalue weighted by Crippen LogP contribution is 2.37. The number of ether oxygens (including phenoxy) is 2. The van der Waals surface area contributed by atoms with Gasteiger partial charge in [-0.3, -0.25) is 15.1 Å². The second kappa shape index (κ2) is 7.73. The first-order valence-corrected chi connectivity index (χ1v) is 9.45. The van der Waals surface area contributed by atoms with Crippen LogP contribution in [0.15, 0.2) is 42.5 Å². The van der Waals surface area contributed by atoms with Crippen molar-refractivity contribution in [2.75, 3.05) is 25.7 Å². The summed E-state index contributed by atoms with van der Waals surface area (Å²) in [6, 6.07) is 11.4. The number of hydrogen-bond acceptors (Lipinski definition) is 5. The van der Waals surface area contributed by atoms with Crippen LogP contribution in [-0.4, -0.2) is 32.8 Å². The summed E-state index contributed by atoms with van der Waals surface area (Å²) in [5.74, 6) is 0.979. The number of carbonyl (C=O) groups excluding carboxylic acids is 1. The van der Waals surface area contributed by atoms with Gasteiger partial charge in [-0.2, -0.15) is 0 Å². The number of nitrogens with one attached hydrogen (secondary N) is 1. The van der Waals surface area contributed by atoms with E-state index in [1.165, 1.54) is 5.56 Å². The SMILES string of the molecule is COc1cc(OC)c(C2=C[C@@H](C(=O)N3CCCc4ccccc43)ON2)cc1Cl. The van der Waals surface area contributed by atoms with Crippen LogP contribution in [0.25, 0.3) is 5.70 Å². The number of halogens is 1. The van der Waals surface area contributed by atoms with Gasteiger partial charge in [-0.1, -0.05) is 29.8 Å². The first kappa shape index (κ1) is 18.7. The number of hydrogen-bond donors (Lipinski definition) is 1. The van der Waals surface area contributed by atoms with Gasteiger partial charge in [0.2, 0.25) is 0 Å². The molecule has 7 heteroatoms. The summed E-state index contributed by atoms with van der Waals surface area (Å²) in [4.78, 5) is 20.5. The van der Waals surface area contributed by atoms with Crippen LogP contribution in [-0.2, 0) is 16.1 Å². The summed E-state index contributed by atoms with van der Waals surface area (Å²) >= 11 is 6.26. The molecule has 2 heterocycles. The van der Waals surface area contributed by atoms with Crippen LogP contribution in [0, 0.1) is 0 Å². The zero-order valence-electron chi connectivity index (χ0n) is 15.7. The molecular formula is C21H21ClN2O4. The molecule has 0 saturated carbocycles. The molecule has 2 aromatic rings. The van der Waals surface area contributed by atoms with Crippen LogP contribution in [0.4, 0.5) is 5.69 Å². The van der Waals surface area contributed by atoms with Gasteiger partial charge >= 0.3 is 0 Å². The molecule has 0 aromatic heterocycles. The van der Waals surface area contributed by atoms with Gasteiger partial charge < -0.3 is 14.4 Å². The predicted octanol–water partition coefficient (Wildman–Crippen LogP) is 3.58. The molecule has 0 fully saturated rings. The third kappa shape index (κ3) is 3.30. The molecule has 2 aromatic carbocycles. The normalized spacial score (nSPS) is 18.2. The molecule has 0 bridgehead atoms. The van der Waals surface area contributed by atoms with Crippen molar-refractivity contribution in [1.29, 1.82) is 0 Å². The Morgan fingerprint density at radius 2 is 2.00 bits per heavy atom. The number of rotatable bonds is 4. The minimum Gasteiger partial charge on any atom is -0.496 e. The molecule has 0 aliphatic carbocycles. The lowest BCUT2D eigenvalue weighted by molar-refractivity contribution is -0.128. The molecule has 2 aliphatic heterocycles. The molecule has 1 amide bonds. The number of para-hydroxylation sites is 1. The lowest BCUT2D eigenvalue weighted by Gasteiger charge is -2.30. The molecule has 146 valence electrons. The quantitative estimate of drug-likeness (QED) is 0.850. The van der Waals surface area contributed by atoms with Gasteiger partial charge in [-0.15, -0.1) is 0 Å². The minimum absolute atomic E-state index is 0.103. The van der Waals surface area contributed by atoms with Crippen LogP contribution in [0.1, 0.15) is 17.5 Å². The van der Waals surface area contributed by atoms with Gasteiger partial charge in [-0.25, -0.2) is 0 Å². The number of fused-ring (bicyclic) bond motifs is 1. The Hall–Kier alpha value is -2.70. The Morgan fingerprint density at radius 1 is 1.21 bits per heavy atom. The molecule has 28 heavy (non-hydrogen) atoms. The van der Waals surface area contributed by atoms with E-state index in [0.717, 1.165) is 18.5 Å². The minimum atomic E-state index is -0.730. The second-order valence-corrected chi connectivity index (χ2v) is 7.04. The summed E-state index contributed by atoms with van der Waals surface area (Å²) in [5.41, 5.74) is 6.30. The molecule has 1 atom stereocenters. The van der Waals surface area contributed by atoms with Gasteiger partial charge in [0, 0.05) is 23.9 Å². The number of nitrogens with zero attached hydrogens (tertiary/aromatic N) is 1. The number of anilines is 1. The number of hydroxylamine groups is 1. The molecule has 0 radical (unpaired) electrons. The lowest BCUT2D eigenvalue weighted by Crippen LogP contribution is -2.42. The Labute approximate surface area is 168 Å². The van der Waals surface area contributed by atoms with Crippen LogP contribution in [0.3, 0.4) is 0 Å². The smallest absolute Gasteiger partial charge is 0.262 e. The van der Waals surface area contributed by atoms with Gasteiger partial charge in [0.05, 0.1) is 24.9 Å². The monoisotopic (exact) mass is 400 g/mol. The van der Waals surface area contributed by atoms with Crippen molar-refractivity contribution in [3.63, 3.8) is 0 Å². The highest BCUT2D eigenvalue weighted by Gasteiger charge is 2.32. The van der Waals surface area contributed by atoms with E-state index in [1.807, 2.05) is 18.2 Å². The molecule has 4 rings (SSSR count). The average molecular weight is 401 g/mol. The molecule has 0 saturated heterocycles. The van der Waals surface area contributed by atoms with Crippen LogP contribution in [0.5, 0.6) is 11.5 Å². The van der Waals surface area contributed by atoms with Crippen molar-refractivity contribution in [2.24, 2.45) is 0 Å². The van der Waals surface area contributed by atoms with E-state index in [9.17, 15) is 4.79 Å². The first-order chi connectivity index (χ1) is 13.6. The number of methoxy groups -OCH3 is 2. The van der Waals surface area contributed by atoms with E-state index in [1.54, 1.807) is 37.3 Å². The molecule has 0 unspecified atom stereocenters.